The Balaban J connectivity index is 1.78. The highest BCUT2D eigenvalue weighted by atomic mass is 16.5. The van der Waals surface area contributed by atoms with E-state index in [9.17, 15) is 19.5 Å². The van der Waals surface area contributed by atoms with Gasteiger partial charge in [0.05, 0.1) is 24.8 Å². The maximum atomic E-state index is 13.6. The number of rotatable bonds is 10. The van der Waals surface area contributed by atoms with Gasteiger partial charge in [-0.25, -0.2) is 4.79 Å². The molecule has 10 nitrogen and oxygen atoms in total. The van der Waals surface area contributed by atoms with Crippen LogP contribution < -0.4 is 15.4 Å². The molecule has 1 aliphatic heterocycles. The number of carbonyl (C=O) groups excluding carboxylic acids is 3. The second kappa shape index (κ2) is 14.5. The van der Waals surface area contributed by atoms with Crippen molar-refractivity contribution in [3.05, 3.63) is 23.8 Å². The molecule has 0 spiro atoms. The Bertz CT molecular complexity index is 981. The Labute approximate surface area is 233 Å². The number of nitrogens with one attached hydrogen (secondary N) is 2. The van der Waals surface area contributed by atoms with E-state index in [1.807, 2.05) is 32.8 Å². The molecule has 1 aromatic carbocycles. The molecule has 3 atom stereocenters. The van der Waals surface area contributed by atoms with Crippen LogP contribution in [0.4, 0.5) is 10.5 Å². The molecule has 1 aliphatic carbocycles. The lowest BCUT2D eigenvalue weighted by atomic mass is 9.96. The van der Waals surface area contributed by atoms with Crippen molar-refractivity contribution in [2.45, 2.75) is 77.0 Å². The minimum atomic E-state index is -0.400. The second-order valence-corrected chi connectivity index (χ2v) is 11.5. The summed E-state index contributed by atoms with van der Waals surface area (Å²) in [6, 6.07) is 4.77. The van der Waals surface area contributed by atoms with Crippen LogP contribution in [0.15, 0.2) is 18.2 Å². The van der Waals surface area contributed by atoms with E-state index in [-0.39, 0.29) is 42.5 Å². The monoisotopic (exact) mass is 545 g/mol. The van der Waals surface area contributed by atoms with E-state index in [1.54, 1.807) is 35.0 Å². The Morgan fingerprint density at radius 1 is 1.18 bits per heavy atom. The fourth-order valence-corrected chi connectivity index (χ4v) is 5.18. The number of ether oxygens (including phenoxy) is 1. The number of fused-ring (bicyclic) bond motifs is 1. The van der Waals surface area contributed by atoms with E-state index in [0.29, 0.717) is 36.5 Å². The van der Waals surface area contributed by atoms with Gasteiger partial charge in [-0.1, -0.05) is 26.2 Å². The molecule has 1 saturated carbocycles. The summed E-state index contributed by atoms with van der Waals surface area (Å²) >= 11 is 0. The van der Waals surface area contributed by atoms with Crippen LogP contribution in [0.2, 0.25) is 0 Å². The Morgan fingerprint density at radius 3 is 2.56 bits per heavy atom. The number of benzene rings is 1. The summed E-state index contributed by atoms with van der Waals surface area (Å²) in [7, 11) is 5.70. The van der Waals surface area contributed by atoms with Gasteiger partial charge in [0.15, 0.2) is 0 Å². The van der Waals surface area contributed by atoms with Gasteiger partial charge in [-0.05, 0) is 65.0 Å². The molecule has 2 aliphatic rings. The van der Waals surface area contributed by atoms with Crippen LogP contribution in [-0.2, 0) is 4.79 Å². The predicted octanol–water partition coefficient (Wildman–Crippen LogP) is 3.16. The zero-order valence-electron chi connectivity index (χ0n) is 24.2. The van der Waals surface area contributed by atoms with Gasteiger partial charge >= 0.3 is 6.03 Å². The summed E-state index contributed by atoms with van der Waals surface area (Å²) in [4.78, 5) is 44.4. The molecule has 1 fully saturated rings. The summed E-state index contributed by atoms with van der Waals surface area (Å²) in [5.74, 6) is -0.0758. The molecule has 1 aromatic rings. The van der Waals surface area contributed by atoms with Crippen molar-refractivity contribution in [2.24, 2.45) is 5.92 Å². The standard InChI is InChI=1S/C29H47N5O5/c1-20-17-34(21(2)19-35)28(37)24-16-23(30-27(36)12-9-15-32(3)4)13-14-25(24)39-26(20)18-33(5)29(38)31-22-10-7-6-8-11-22/h13-14,16,20-22,26,35H,6-12,15,17-19H2,1-5H3,(H,30,36)(H,31,38)/t20-,21-,26-/m1/s1. The average molecular weight is 546 g/mol. The first kappa shape index (κ1) is 30.7. The number of anilines is 1. The molecule has 0 bridgehead atoms. The van der Waals surface area contributed by atoms with Gasteiger partial charge in [0.2, 0.25) is 5.91 Å². The topological polar surface area (TPSA) is 114 Å². The van der Waals surface area contributed by atoms with Crippen molar-refractivity contribution in [1.82, 2.24) is 20.0 Å². The smallest absolute Gasteiger partial charge is 0.317 e. The van der Waals surface area contributed by atoms with Gasteiger partial charge in [-0.15, -0.1) is 0 Å². The Kier molecular flexibility index (Phi) is 11.4. The number of carbonyl (C=O) groups is 3. The number of hydrogen-bond donors (Lipinski definition) is 3. The molecule has 0 saturated heterocycles. The van der Waals surface area contributed by atoms with Crippen molar-refractivity contribution < 1.29 is 24.2 Å². The van der Waals surface area contributed by atoms with Crippen molar-refractivity contribution in [3.63, 3.8) is 0 Å². The summed E-state index contributed by atoms with van der Waals surface area (Å²) in [5, 5.41) is 15.9. The van der Waals surface area contributed by atoms with Gasteiger partial charge in [0.25, 0.3) is 5.91 Å². The molecule has 0 radical (unpaired) electrons. The lowest BCUT2D eigenvalue weighted by molar-refractivity contribution is -0.116. The zero-order chi connectivity index (χ0) is 28.5. The van der Waals surface area contributed by atoms with Crippen LogP contribution in [0.1, 0.15) is 69.2 Å². The molecular weight excluding hydrogens is 498 g/mol. The van der Waals surface area contributed by atoms with E-state index in [2.05, 4.69) is 10.6 Å². The first-order chi connectivity index (χ1) is 18.6. The molecule has 4 amide bonds. The van der Waals surface area contributed by atoms with E-state index in [4.69, 9.17) is 4.74 Å². The molecule has 10 heteroatoms. The van der Waals surface area contributed by atoms with Crippen LogP contribution in [0.5, 0.6) is 5.75 Å². The van der Waals surface area contributed by atoms with E-state index in [1.165, 1.54) is 6.42 Å². The number of likely N-dealkylation sites (N-methyl/N-ethyl adjacent to an activating group) is 1. The van der Waals surface area contributed by atoms with Crippen LogP contribution in [0.3, 0.4) is 0 Å². The summed E-state index contributed by atoms with van der Waals surface area (Å²) in [5.41, 5.74) is 0.846. The molecule has 0 unspecified atom stereocenters. The zero-order valence-corrected chi connectivity index (χ0v) is 24.2. The summed E-state index contributed by atoms with van der Waals surface area (Å²) in [6.45, 7) is 5.15. The number of hydrogen-bond acceptors (Lipinski definition) is 6. The number of amides is 4. The van der Waals surface area contributed by atoms with E-state index < -0.39 is 6.04 Å². The molecule has 3 rings (SSSR count). The SMILES string of the molecule is C[C@@H]1CN([C@H](C)CO)C(=O)c2cc(NC(=O)CCCN(C)C)ccc2O[C@@H]1CN(C)C(=O)NC1CCCCC1. The van der Waals surface area contributed by atoms with Gasteiger partial charge in [-0.3, -0.25) is 9.59 Å². The second-order valence-electron chi connectivity index (χ2n) is 11.5. The van der Waals surface area contributed by atoms with Crippen LogP contribution in [0, 0.1) is 5.92 Å². The molecule has 0 aromatic heterocycles. The number of nitrogens with zero attached hydrogens (tertiary/aromatic N) is 3. The van der Waals surface area contributed by atoms with E-state index >= 15 is 0 Å². The lowest BCUT2D eigenvalue weighted by Gasteiger charge is -2.38. The fourth-order valence-electron chi connectivity index (χ4n) is 5.18. The van der Waals surface area contributed by atoms with Crippen molar-refractivity contribution in [1.29, 1.82) is 0 Å². The Morgan fingerprint density at radius 2 is 1.90 bits per heavy atom. The third-order valence-electron chi connectivity index (χ3n) is 7.69. The summed E-state index contributed by atoms with van der Waals surface area (Å²) < 4.78 is 6.39. The molecule has 1 heterocycles. The predicted molar refractivity (Wildman–Crippen MR) is 152 cm³/mol. The lowest BCUT2D eigenvalue weighted by Crippen LogP contribution is -2.52. The van der Waals surface area contributed by atoms with Gasteiger partial charge in [0, 0.05) is 37.7 Å². The van der Waals surface area contributed by atoms with Gasteiger partial charge in [0.1, 0.15) is 11.9 Å². The quantitative estimate of drug-likeness (QED) is 0.416. The highest BCUT2D eigenvalue weighted by Crippen LogP contribution is 2.31. The molecule has 218 valence electrons. The first-order valence-corrected chi connectivity index (χ1v) is 14.3. The summed E-state index contributed by atoms with van der Waals surface area (Å²) in [6.07, 6.45) is 6.25. The minimum absolute atomic E-state index is 0.0999. The Hall–Kier alpha value is -2.85. The van der Waals surface area contributed by atoms with Crippen LogP contribution >= 0.6 is 0 Å². The van der Waals surface area contributed by atoms with Crippen molar-refractivity contribution >= 4 is 23.5 Å². The molecular formula is C29H47N5O5. The average Bonchev–Trinajstić information content (AvgIpc) is 2.90. The number of aliphatic hydroxyl groups is 1. The van der Waals surface area contributed by atoms with Crippen molar-refractivity contribution in [2.75, 3.05) is 52.7 Å². The third-order valence-corrected chi connectivity index (χ3v) is 7.69. The van der Waals surface area contributed by atoms with Gasteiger partial charge in [-0.2, -0.15) is 0 Å². The minimum Gasteiger partial charge on any atom is -0.487 e. The van der Waals surface area contributed by atoms with Gasteiger partial charge < -0.3 is 35.2 Å². The maximum Gasteiger partial charge on any atom is 0.317 e. The highest BCUT2D eigenvalue weighted by molar-refractivity contribution is 5.99. The number of aliphatic hydroxyl groups excluding tert-OH is 1. The third kappa shape index (κ3) is 8.83. The van der Waals surface area contributed by atoms with Crippen LogP contribution in [0.25, 0.3) is 0 Å². The van der Waals surface area contributed by atoms with Crippen LogP contribution in [-0.4, -0.2) is 103 Å². The fraction of sp³-hybridized carbons (Fsp3) is 0.690. The normalized spacial score (nSPS) is 20.9. The van der Waals surface area contributed by atoms with E-state index in [0.717, 1.165) is 38.6 Å². The largest absolute Gasteiger partial charge is 0.487 e. The maximum absolute atomic E-state index is 13.6. The number of urea groups is 1. The molecule has 39 heavy (non-hydrogen) atoms. The molecule has 3 N–H and O–H groups in total. The first-order valence-electron chi connectivity index (χ1n) is 14.3. The van der Waals surface area contributed by atoms with Crippen molar-refractivity contribution in [3.8, 4) is 5.75 Å². The highest BCUT2D eigenvalue weighted by Gasteiger charge is 2.34.